The first-order valence-corrected chi connectivity index (χ1v) is 4.46. The fourth-order valence-electron chi connectivity index (χ4n) is 0.804. The number of aliphatic hydroxyl groups excluding tert-OH is 1. The van der Waals surface area contributed by atoms with E-state index in [-0.39, 0.29) is 13.2 Å². The average molecular weight is 231 g/mol. The number of rotatable bonds is 6. The van der Waals surface area contributed by atoms with Crippen LogP contribution in [0.1, 0.15) is 13.8 Å². The van der Waals surface area contributed by atoms with E-state index in [0.717, 1.165) is 0 Å². The van der Waals surface area contributed by atoms with E-state index in [9.17, 15) is 14.7 Å². The van der Waals surface area contributed by atoms with Gasteiger partial charge in [-0.3, -0.25) is 9.59 Å². The zero-order chi connectivity index (χ0) is 12.6. The van der Waals surface area contributed by atoms with E-state index >= 15 is 0 Å². The van der Waals surface area contributed by atoms with Gasteiger partial charge < -0.3 is 14.6 Å². The topological polar surface area (TPSA) is 122 Å². The van der Waals surface area contributed by atoms with Gasteiger partial charge in [0.1, 0.15) is 19.3 Å². The molecule has 0 rings (SSSR count). The zero-order valence-electron chi connectivity index (χ0n) is 8.99. The predicted octanol–water partition coefficient (Wildman–Crippen LogP) is 0.152. The molecule has 0 saturated heterocycles. The minimum atomic E-state index is -1.21. The maximum absolute atomic E-state index is 10.5. The Bertz CT molecular complexity index is 300. The van der Waals surface area contributed by atoms with Gasteiger partial charge in [-0.2, -0.15) is 0 Å². The molecule has 0 spiro atoms. The second-order valence-electron chi connectivity index (χ2n) is 2.94. The van der Waals surface area contributed by atoms with Crippen LogP contribution in [0.4, 0.5) is 0 Å². The average Bonchev–Trinajstić information content (AvgIpc) is 2.20. The van der Waals surface area contributed by atoms with Crippen LogP contribution in [-0.4, -0.2) is 42.4 Å². The Morgan fingerprint density at radius 2 is 1.81 bits per heavy atom. The van der Waals surface area contributed by atoms with Crippen molar-refractivity contribution in [2.75, 3.05) is 13.2 Å². The Hall–Kier alpha value is -1.79. The van der Waals surface area contributed by atoms with Gasteiger partial charge in [-0.15, -0.1) is 0 Å². The summed E-state index contributed by atoms with van der Waals surface area (Å²) in [6, 6.07) is -0.978. The van der Waals surface area contributed by atoms with E-state index < -0.39 is 24.1 Å². The molecular weight excluding hydrogens is 218 g/mol. The smallest absolute Gasteiger partial charge is 0.302 e. The van der Waals surface area contributed by atoms with Gasteiger partial charge in [0, 0.05) is 18.8 Å². The lowest BCUT2D eigenvalue weighted by molar-refractivity contribution is -0.147. The van der Waals surface area contributed by atoms with E-state index in [1.165, 1.54) is 13.8 Å². The number of carbonyl (C=O) groups is 2. The minimum absolute atomic E-state index is 0.262. The van der Waals surface area contributed by atoms with Crippen LogP contribution < -0.4 is 0 Å². The minimum Gasteiger partial charge on any atom is -0.465 e. The molecule has 0 bridgehead atoms. The molecule has 0 unspecified atom stereocenters. The third kappa shape index (κ3) is 6.63. The van der Waals surface area contributed by atoms with Crippen LogP contribution in [-0.2, 0) is 19.1 Å². The molecule has 0 amide bonds. The standard InChI is InChI=1S/C8H13N3O5/c1-5(12)15-3-7(10-11-9)8(14)4-16-6(2)13/h7-8,14H,3-4H2,1-2H3/t7-,8-/m0/s1. The molecule has 8 nitrogen and oxygen atoms in total. The van der Waals surface area contributed by atoms with Crippen LogP contribution in [0.25, 0.3) is 10.4 Å². The third-order valence-corrected chi connectivity index (χ3v) is 1.56. The summed E-state index contributed by atoms with van der Waals surface area (Å²) in [5, 5.41) is 12.7. The molecule has 0 saturated carbocycles. The highest BCUT2D eigenvalue weighted by molar-refractivity contribution is 5.66. The quantitative estimate of drug-likeness (QED) is 0.302. The summed E-state index contributed by atoms with van der Waals surface area (Å²) in [6.07, 6.45) is -1.21. The molecule has 0 aliphatic carbocycles. The first-order chi connectivity index (χ1) is 7.47. The van der Waals surface area contributed by atoms with Gasteiger partial charge in [0.15, 0.2) is 0 Å². The zero-order valence-corrected chi connectivity index (χ0v) is 8.99. The maximum atomic E-state index is 10.5. The summed E-state index contributed by atoms with van der Waals surface area (Å²) in [7, 11) is 0. The molecule has 0 aromatic heterocycles. The van der Waals surface area contributed by atoms with Crippen LogP contribution >= 0.6 is 0 Å². The molecule has 16 heavy (non-hydrogen) atoms. The summed E-state index contributed by atoms with van der Waals surface area (Å²) in [4.78, 5) is 23.5. The second kappa shape index (κ2) is 7.49. The van der Waals surface area contributed by atoms with Gasteiger partial charge in [0.25, 0.3) is 0 Å². The van der Waals surface area contributed by atoms with Crippen LogP contribution in [0.3, 0.4) is 0 Å². The van der Waals surface area contributed by atoms with Crippen LogP contribution in [0, 0.1) is 0 Å². The van der Waals surface area contributed by atoms with Crippen molar-refractivity contribution >= 4 is 11.9 Å². The van der Waals surface area contributed by atoms with Crippen molar-refractivity contribution in [2.45, 2.75) is 26.0 Å². The van der Waals surface area contributed by atoms with Gasteiger partial charge >= 0.3 is 11.9 Å². The molecule has 0 aromatic rings. The number of nitrogens with zero attached hydrogens (tertiary/aromatic N) is 3. The van der Waals surface area contributed by atoms with E-state index in [0.29, 0.717) is 0 Å². The molecule has 0 radical (unpaired) electrons. The van der Waals surface area contributed by atoms with Crippen LogP contribution in [0.5, 0.6) is 0 Å². The summed E-state index contributed by atoms with van der Waals surface area (Å²) in [5.41, 5.74) is 8.23. The van der Waals surface area contributed by atoms with Gasteiger partial charge in [0.05, 0.1) is 6.10 Å². The summed E-state index contributed by atoms with van der Waals surface area (Å²) >= 11 is 0. The van der Waals surface area contributed by atoms with Crippen molar-refractivity contribution in [3.05, 3.63) is 10.4 Å². The fourth-order valence-corrected chi connectivity index (χ4v) is 0.804. The van der Waals surface area contributed by atoms with Crippen molar-refractivity contribution in [1.82, 2.24) is 0 Å². The molecule has 0 heterocycles. The van der Waals surface area contributed by atoms with Crippen molar-refractivity contribution in [2.24, 2.45) is 5.11 Å². The first kappa shape index (κ1) is 14.2. The molecule has 0 aromatic carbocycles. The van der Waals surface area contributed by atoms with E-state index in [4.69, 9.17) is 5.53 Å². The summed E-state index contributed by atoms with van der Waals surface area (Å²) in [5.74, 6) is -1.12. The van der Waals surface area contributed by atoms with Gasteiger partial charge in [-0.1, -0.05) is 5.11 Å². The molecule has 1 N–H and O–H groups in total. The normalized spacial score (nSPS) is 13.2. The lowest BCUT2D eigenvalue weighted by Crippen LogP contribution is -2.33. The van der Waals surface area contributed by atoms with E-state index in [1.54, 1.807) is 0 Å². The highest BCUT2D eigenvalue weighted by Crippen LogP contribution is 2.02. The Morgan fingerprint density at radius 3 is 2.25 bits per heavy atom. The third-order valence-electron chi connectivity index (χ3n) is 1.56. The number of carbonyl (C=O) groups excluding carboxylic acids is 2. The Morgan fingerprint density at radius 1 is 1.31 bits per heavy atom. The number of aliphatic hydroxyl groups is 1. The van der Waals surface area contributed by atoms with Crippen LogP contribution in [0.2, 0.25) is 0 Å². The van der Waals surface area contributed by atoms with Gasteiger partial charge in [-0.05, 0) is 5.53 Å². The number of hydrogen-bond acceptors (Lipinski definition) is 6. The largest absolute Gasteiger partial charge is 0.465 e. The van der Waals surface area contributed by atoms with E-state index in [1.807, 2.05) is 0 Å². The van der Waals surface area contributed by atoms with Crippen molar-refractivity contribution in [3.8, 4) is 0 Å². The SMILES string of the molecule is CC(=O)OC[C@H](N=[N+]=[N-])[C@@H](O)COC(C)=O. The molecule has 90 valence electrons. The summed E-state index contributed by atoms with van der Waals surface area (Å²) < 4.78 is 9.11. The maximum Gasteiger partial charge on any atom is 0.302 e. The fraction of sp³-hybridized carbons (Fsp3) is 0.750. The Kier molecular flexibility index (Phi) is 6.66. The van der Waals surface area contributed by atoms with Gasteiger partial charge in [0.2, 0.25) is 0 Å². The van der Waals surface area contributed by atoms with Gasteiger partial charge in [-0.25, -0.2) is 0 Å². The number of azide groups is 1. The molecule has 0 fully saturated rings. The lowest BCUT2D eigenvalue weighted by Gasteiger charge is -2.17. The van der Waals surface area contributed by atoms with E-state index in [2.05, 4.69) is 19.5 Å². The number of hydrogen-bond donors (Lipinski definition) is 1. The second-order valence-corrected chi connectivity index (χ2v) is 2.94. The molecule has 8 heteroatoms. The van der Waals surface area contributed by atoms with Crippen molar-refractivity contribution in [1.29, 1.82) is 0 Å². The first-order valence-electron chi connectivity index (χ1n) is 4.46. The lowest BCUT2D eigenvalue weighted by atomic mass is 10.2. The number of ether oxygens (including phenoxy) is 2. The summed E-state index contributed by atoms with van der Waals surface area (Å²) in [6.45, 7) is 1.79. The van der Waals surface area contributed by atoms with Crippen molar-refractivity contribution < 1.29 is 24.2 Å². The van der Waals surface area contributed by atoms with Crippen molar-refractivity contribution in [3.63, 3.8) is 0 Å². The predicted molar refractivity (Wildman–Crippen MR) is 52.2 cm³/mol. The molecule has 0 aliphatic heterocycles. The molecular formula is C8H13N3O5. The Labute approximate surface area is 91.8 Å². The molecule has 2 atom stereocenters. The highest BCUT2D eigenvalue weighted by atomic mass is 16.5. The van der Waals surface area contributed by atoms with Crippen LogP contribution in [0.15, 0.2) is 5.11 Å². The monoisotopic (exact) mass is 231 g/mol. The Balaban J connectivity index is 4.22. The highest BCUT2D eigenvalue weighted by Gasteiger charge is 2.20. The number of esters is 2. The molecule has 0 aliphatic rings.